The monoisotopic (exact) mass is 416 g/mol. The second-order valence-electron chi connectivity index (χ2n) is 8.03. The minimum Gasteiger partial charge on any atom is -0.376 e. The summed E-state index contributed by atoms with van der Waals surface area (Å²) in [6.07, 6.45) is 3.81. The van der Waals surface area contributed by atoms with Gasteiger partial charge in [0.25, 0.3) is 0 Å². The fourth-order valence-electron chi connectivity index (χ4n) is 3.94. The highest BCUT2D eigenvalue weighted by atomic mass is 15.3. The number of nitrogens with zero attached hydrogens (tertiary/aromatic N) is 5. The van der Waals surface area contributed by atoms with Gasteiger partial charge in [0.05, 0.1) is 23.3 Å². The van der Waals surface area contributed by atoms with E-state index < -0.39 is 0 Å². The topological polar surface area (TPSA) is 96.9 Å². The molecule has 31 heavy (non-hydrogen) atoms. The molecule has 2 aromatic heterocycles. The predicted octanol–water partition coefficient (Wildman–Crippen LogP) is 3.20. The van der Waals surface area contributed by atoms with Crippen molar-refractivity contribution in [3.63, 3.8) is 0 Å². The molecule has 4 rings (SSSR count). The van der Waals surface area contributed by atoms with Gasteiger partial charge in [0.1, 0.15) is 6.34 Å². The van der Waals surface area contributed by atoms with Crippen molar-refractivity contribution in [2.24, 2.45) is 0 Å². The number of benzene rings is 1. The van der Waals surface area contributed by atoms with E-state index in [2.05, 4.69) is 38.4 Å². The molecule has 0 unspecified atom stereocenters. The molecule has 1 aromatic carbocycles. The van der Waals surface area contributed by atoms with Crippen molar-refractivity contribution in [1.29, 1.82) is 10.8 Å². The fraction of sp³-hybridized carbons (Fsp3) is 0.304. The van der Waals surface area contributed by atoms with Crippen LogP contribution in [0, 0.1) is 24.7 Å². The van der Waals surface area contributed by atoms with Crippen LogP contribution >= 0.6 is 0 Å². The Hall–Kier alpha value is -3.68. The van der Waals surface area contributed by atoms with Crippen LogP contribution in [-0.2, 0) is 13.0 Å². The highest BCUT2D eigenvalue weighted by molar-refractivity contribution is 5.75. The zero-order valence-corrected chi connectivity index (χ0v) is 18.4. The van der Waals surface area contributed by atoms with Gasteiger partial charge in [-0.2, -0.15) is 0 Å². The van der Waals surface area contributed by atoms with Gasteiger partial charge in [-0.25, -0.2) is 4.68 Å². The Kier molecular flexibility index (Phi) is 5.46. The molecule has 0 saturated carbocycles. The quantitative estimate of drug-likeness (QED) is 0.438. The van der Waals surface area contributed by atoms with E-state index in [4.69, 9.17) is 15.8 Å². The third-order valence-corrected chi connectivity index (χ3v) is 5.81. The first-order valence-electron chi connectivity index (χ1n) is 10.3. The summed E-state index contributed by atoms with van der Waals surface area (Å²) in [4.78, 5) is 9.01. The summed E-state index contributed by atoms with van der Waals surface area (Å²) in [6, 6.07) is 10.4. The van der Waals surface area contributed by atoms with Gasteiger partial charge < -0.3 is 15.1 Å². The number of nitrogens with one attached hydrogen (secondary N) is 3. The van der Waals surface area contributed by atoms with Gasteiger partial charge in [0, 0.05) is 44.9 Å². The molecule has 8 heteroatoms. The summed E-state index contributed by atoms with van der Waals surface area (Å²) in [7, 11) is 4.06. The van der Waals surface area contributed by atoms with Gasteiger partial charge in [0.2, 0.25) is 0 Å². The molecular formula is C23H28N8. The smallest absolute Gasteiger partial charge is 0.153 e. The summed E-state index contributed by atoms with van der Waals surface area (Å²) in [5, 5.41) is 23.8. The average molecular weight is 417 g/mol. The number of aromatic nitrogens is 3. The molecule has 160 valence electrons. The normalized spacial score (nSPS) is 13.0. The molecule has 8 nitrogen and oxygen atoms in total. The highest BCUT2D eigenvalue weighted by Crippen LogP contribution is 2.30. The lowest BCUT2D eigenvalue weighted by Crippen LogP contribution is -2.36. The second-order valence-corrected chi connectivity index (χ2v) is 8.03. The molecule has 3 heterocycles. The fourth-order valence-corrected chi connectivity index (χ4v) is 3.94. The van der Waals surface area contributed by atoms with Crippen molar-refractivity contribution in [3.8, 4) is 0 Å². The van der Waals surface area contributed by atoms with E-state index in [0.717, 1.165) is 64.6 Å². The Balaban J connectivity index is 1.64. The number of anilines is 4. The van der Waals surface area contributed by atoms with E-state index in [1.54, 1.807) is 0 Å². The van der Waals surface area contributed by atoms with Gasteiger partial charge in [-0.15, -0.1) is 5.10 Å². The van der Waals surface area contributed by atoms with Crippen LogP contribution in [0.25, 0.3) is 0 Å². The van der Waals surface area contributed by atoms with Gasteiger partial charge in [0.15, 0.2) is 11.3 Å². The molecule has 0 amide bonds. The molecule has 0 spiro atoms. The van der Waals surface area contributed by atoms with Gasteiger partial charge in [-0.05, 0) is 43.2 Å². The lowest BCUT2D eigenvalue weighted by atomic mass is 10.0. The SMILES string of the molecule is Cc1c(N2CCc3ncc(Nc4ccccc4N(C)C)cc3C2)nn(C=N)c(=N)c1C. The van der Waals surface area contributed by atoms with E-state index in [9.17, 15) is 0 Å². The van der Waals surface area contributed by atoms with Crippen molar-refractivity contribution < 1.29 is 0 Å². The zero-order valence-electron chi connectivity index (χ0n) is 18.4. The standard InChI is InChI=1S/C23H28N8/c1-15-16(2)23(28-31(14-24)22(15)25)30-10-9-19-17(13-30)11-18(12-26-19)27-20-7-5-6-8-21(20)29(3)4/h5-8,11-12,14,24-25,27H,9-10,13H2,1-4H3. The molecule has 0 atom stereocenters. The molecule has 0 aliphatic carbocycles. The maximum Gasteiger partial charge on any atom is 0.153 e. The van der Waals surface area contributed by atoms with Gasteiger partial charge in [-0.1, -0.05) is 12.1 Å². The average Bonchev–Trinajstić information content (AvgIpc) is 2.77. The molecule has 0 bridgehead atoms. The number of fused-ring (bicyclic) bond motifs is 1. The van der Waals surface area contributed by atoms with Gasteiger partial charge in [-0.3, -0.25) is 15.8 Å². The van der Waals surface area contributed by atoms with Crippen LogP contribution in [0.4, 0.5) is 22.9 Å². The molecule has 1 aliphatic rings. The molecule has 3 N–H and O–H groups in total. The van der Waals surface area contributed by atoms with Crippen LogP contribution < -0.4 is 20.6 Å². The third kappa shape index (κ3) is 3.88. The first-order chi connectivity index (χ1) is 14.9. The van der Waals surface area contributed by atoms with Gasteiger partial charge >= 0.3 is 0 Å². The summed E-state index contributed by atoms with van der Waals surface area (Å²) in [5.74, 6) is 0.818. The summed E-state index contributed by atoms with van der Waals surface area (Å²) in [6.45, 7) is 5.40. The number of hydrogen-bond acceptors (Lipinski definition) is 7. The van der Waals surface area contributed by atoms with Crippen molar-refractivity contribution in [2.75, 3.05) is 35.8 Å². The van der Waals surface area contributed by atoms with E-state index in [1.807, 2.05) is 46.3 Å². The zero-order chi connectivity index (χ0) is 22.1. The van der Waals surface area contributed by atoms with Crippen LogP contribution in [0.15, 0.2) is 36.5 Å². The number of pyridine rings is 1. The van der Waals surface area contributed by atoms with Crippen molar-refractivity contribution in [2.45, 2.75) is 26.8 Å². The first kappa shape index (κ1) is 20.6. The Morgan fingerprint density at radius 1 is 1.16 bits per heavy atom. The minimum atomic E-state index is 0.251. The van der Waals surface area contributed by atoms with E-state index in [0.29, 0.717) is 6.54 Å². The van der Waals surface area contributed by atoms with E-state index >= 15 is 0 Å². The lowest BCUT2D eigenvalue weighted by Gasteiger charge is -2.31. The first-order valence-corrected chi connectivity index (χ1v) is 10.3. The number of para-hydroxylation sites is 2. The largest absolute Gasteiger partial charge is 0.376 e. The third-order valence-electron chi connectivity index (χ3n) is 5.81. The van der Waals surface area contributed by atoms with Crippen LogP contribution in [0.5, 0.6) is 0 Å². The van der Waals surface area contributed by atoms with Crippen LogP contribution in [-0.4, -0.2) is 41.7 Å². The number of rotatable bonds is 5. The molecular weight excluding hydrogens is 388 g/mol. The van der Waals surface area contributed by atoms with Crippen molar-refractivity contribution >= 4 is 29.2 Å². The molecule has 0 fully saturated rings. The van der Waals surface area contributed by atoms with Crippen LogP contribution in [0.1, 0.15) is 22.4 Å². The molecule has 0 saturated heterocycles. The highest BCUT2D eigenvalue weighted by Gasteiger charge is 2.22. The Morgan fingerprint density at radius 2 is 1.94 bits per heavy atom. The lowest BCUT2D eigenvalue weighted by molar-refractivity contribution is 0.677. The number of hydrogen-bond donors (Lipinski definition) is 3. The van der Waals surface area contributed by atoms with E-state index in [1.165, 1.54) is 4.68 Å². The maximum absolute atomic E-state index is 8.16. The second kappa shape index (κ2) is 8.22. The predicted molar refractivity (Wildman–Crippen MR) is 125 cm³/mol. The summed E-state index contributed by atoms with van der Waals surface area (Å²) in [5.41, 5.74) is 7.44. The summed E-state index contributed by atoms with van der Waals surface area (Å²) >= 11 is 0. The Labute approximate surface area is 182 Å². The summed E-state index contributed by atoms with van der Waals surface area (Å²) < 4.78 is 1.32. The van der Waals surface area contributed by atoms with Crippen LogP contribution in [0.2, 0.25) is 0 Å². The van der Waals surface area contributed by atoms with Crippen molar-refractivity contribution in [3.05, 3.63) is 64.4 Å². The minimum absolute atomic E-state index is 0.251. The van der Waals surface area contributed by atoms with E-state index in [-0.39, 0.29) is 5.49 Å². The Bertz CT molecular complexity index is 1190. The van der Waals surface area contributed by atoms with Crippen LogP contribution in [0.3, 0.4) is 0 Å². The molecule has 0 radical (unpaired) electrons. The Morgan fingerprint density at radius 3 is 2.68 bits per heavy atom. The maximum atomic E-state index is 8.16. The molecule has 3 aromatic rings. The molecule has 1 aliphatic heterocycles. The van der Waals surface area contributed by atoms with Crippen molar-refractivity contribution in [1.82, 2.24) is 14.8 Å².